The summed E-state index contributed by atoms with van der Waals surface area (Å²) in [6.07, 6.45) is 0. The summed E-state index contributed by atoms with van der Waals surface area (Å²) in [6.45, 7) is 2.09. The molecule has 1 atom stereocenters. The Kier molecular flexibility index (Phi) is 9.00. The first-order valence-electron chi connectivity index (χ1n) is 2.45. The van der Waals surface area contributed by atoms with E-state index in [1.807, 2.05) is 0 Å². The van der Waals surface area contributed by atoms with Crippen molar-refractivity contribution in [2.45, 2.75) is 10.5 Å². The van der Waals surface area contributed by atoms with Gasteiger partial charge in [-0.15, -0.1) is 0 Å². The van der Waals surface area contributed by atoms with Crippen LogP contribution < -0.4 is 19.2 Å². The van der Waals surface area contributed by atoms with E-state index < -0.39 is 9.05 Å². The van der Waals surface area contributed by atoms with Crippen LogP contribution in [0.2, 0.25) is 0 Å². The summed E-state index contributed by atoms with van der Waals surface area (Å²) in [5, 5.41) is 0. The maximum atomic E-state index is 8.58. The number of methoxy groups -OCH3 is 1. The van der Waals surface area contributed by atoms with Gasteiger partial charge in [0.1, 0.15) is 0 Å². The monoisotopic (exact) mass is 353 g/mol. The van der Waals surface area contributed by atoms with Crippen molar-refractivity contribution in [2.24, 2.45) is 0 Å². The van der Waals surface area contributed by atoms with Crippen LogP contribution in [0.25, 0.3) is 0 Å². The third kappa shape index (κ3) is 65.0. The Morgan fingerprint density at radius 1 is 1.30 bits per heavy atom. The van der Waals surface area contributed by atoms with Crippen molar-refractivity contribution >= 4 is 9.05 Å². The van der Waals surface area contributed by atoms with Gasteiger partial charge in [-0.3, -0.25) is 0 Å². The van der Waals surface area contributed by atoms with Crippen LogP contribution in [0.5, 0.6) is 0 Å². The standard InChI is InChI=1S/C3H7O.Hg.O4Si/c1-3-4-2;;1-5(2,3)4/h3H,1-2H3;;/q;+4;-4. The summed E-state index contributed by atoms with van der Waals surface area (Å²) in [5.41, 5.74) is 0. The van der Waals surface area contributed by atoms with E-state index in [9.17, 15) is 0 Å². The van der Waals surface area contributed by atoms with Crippen LogP contribution in [0.3, 0.4) is 0 Å². The van der Waals surface area contributed by atoms with E-state index in [2.05, 4.69) is 6.92 Å². The summed E-state index contributed by atoms with van der Waals surface area (Å²) in [4.78, 5) is 34.3. The molecule has 0 aromatic carbocycles. The zero-order valence-electron chi connectivity index (χ0n) is 5.83. The molecule has 0 aliphatic rings. The average molecular weight is 352 g/mol. The SMILES string of the molecule is CO[CH](C)[Hg+4].[O-][Si]([O-])([O-])[O-]. The van der Waals surface area contributed by atoms with Crippen LogP contribution in [0.1, 0.15) is 6.92 Å². The van der Waals surface area contributed by atoms with Crippen molar-refractivity contribution < 1.29 is 50.0 Å². The van der Waals surface area contributed by atoms with Gasteiger partial charge in [0.05, 0.1) is 0 Å². The van der Waals surface area contributed by atoms with E-state index in [1.165, 1.54) is 0 Å². The summed E-state index contributed by atoms with van der Waals surface area (Å²) in [7, 11) is -3.86. The Balaban J connectivity index is 0. The number of rotatable bonds is 1. The van der Waals surface area contributed by atoms with E-state index in [1.54, 1.807) is 7.11 Å². The van der Waals surface area contributed by atoms with Gasteiger partial charge in [-0.25, -0.2) is 0 Å². The second-order valence-electron chi connectivity index (χ2n) is 1.55. The van der Waals surface area contributed by atoms with E-state index in [4.69, 9.17) is 23.9 Å². The van der Waals surface area contributed by atoms with Gasteiger partial charge in [0.2, 0.25) is 0 Å². The van der Waals surface area contributed by atoms with Crippen molar-refractivity contribution in [1.29, 1.82) is 0 Å². The van der Waals surface area contributed by atoms with Crippen molar-refractivity contribution in [2.75, 3.05) is 7.11 Å². The molecule has 0 bridgehead atoms. The molecule has 0 rings (SSSR count). The van der Waals surface area contributed by atoms with Gasteiger partial charge in [-0.05, 0) is 0 Å². The van der Waals surface area contributed by atoms with Crippen molar-refractivity contribution in [3.63, 3.8) is 0 Å². The molecular weight excluding hydrogens is 345 g/mol. The van der Waals surface area contributed by atoms with Crippen molar-refractivity contribution in [3.8, 4) is 0 Å². The minimum absolute atomic E-state index is 0.579. The maximum Gasteiger partial charge on any atom is -0.426 e. The first-order chi connectivity index (χ1) is 4.27. The summed E-state index contributed by atoms with van der Waals surface area (Å²) < 4.78 is 5.42. The molecule has 0 spiro atoms. The number of hydrogen-bond donors (Lipinski definition) is 0. The van der Waals surface area contributed by atoms with Crippen LogP contribution in [0.15, 0.2) is 0 Å². The Hall–Kier alpha value is 0.952. The molecular formula is C3H7HgO5Si. The molecule has 7 heteroatoms. The van der Waals surface area contributed by atoms with Crippen LogP contribution in [-0.2, 0) is 30.9 Å². The van der Waals surface area contributed by atoms with Gasteiger partial charge in [0, 0.05) is 0 Å². The fourth-order valence-corrected chi connectivity index (χ4v) is 0. The van der Waals surface area contributed by atoms with Gasteiger partial charge in [0.15, 0.2) is 0 Å². The Morgan fingerprint density at radius 3 is 1.40 bits per heavy atom. The molecule has 0 N–H and O–H groups in total. The van der Waals surface area contributed by atoms with Crippen molar-refractivity contribution in [1.82, 2.24) is 0 Å². The van der Waals surface area contributed by atoms with E-state index >= 15 is 0 Å². The smallest absolute Gasteiger partial charge is 0.426 e. The minimum atomic E-state index is -5.61. The molecule has 55 valence electrons. The zero-order chi connectivity index (χ0) is 8.78. The molecule has 0 aromatic rings. The summed E-state index contributed by atoms with van der Waals surface area (Å²) in [5.74, 6) is 0. The molecule has 10 heavy (non-hydrogen) atoms. The van der Waals surface area contributed by atoms with Crippen molar-refractivity contribution in [3.05, 3.63) is 0 Å². The van der Waals surface area contributed by atoms with Crippen LogP contribution in [0, 0.1) is 0 Å². The first-order valence-corrected chi connectivity index (χ1v) is 7.25. The largest absolute Gasteiger partial charge is 0.894 e. The fourth-order valence-electron chi connectivity index (χ4n) is 0. The van der Waals surface area contributed by atoms with Gasteiger partial charge in [-0.1, -0.05) is 0 Å². The van der Waals surface area contributed by atoms with Gasteiger partial charge in [0.25, 0.3) is 0 Å². The van der Waals surface area contributed by atoms with Gasteiger partial charge >= 0.3 is 48.5 Å². The molecule has 0 radical (unpaired) electrons. The molecule has 0 fully saturated rings. The molecule has 0 amide bonds. The summed E-state index contributed by atoms with van der Waals surface area (Å²) >= 11 is 0.806. The average Bonchev–Trinajstić information content (AvgIpc) is 1.61. The Bertz CT molecular complexity index is 65.8. The number of ether oxygens (including phenoxy) is 1. The molecule has 0 aromatic heterocycles. The summed E-state index contributed by atoms with van der Waals surface area (Å²) in [6, 6.07) is 0. The molecule has 1 unspecified atom stereocenters. The number of hydrogen-bond acceptors (Lipinski definition) is 5. The van der Waals surface area contributed by atoms with Crippen LogP contribution in [0.4, 0.5) is 0 Å². The Morgan fingerprint density at radius 2 is 1.40 bits per heavy atom. The quantitative estimate of drug-likeness (QED) is 0.442. The molecule has 0 aliphatic heterocycles. The van der Waals surface area contributed by atoms with Gasteiger partial charge in [-0.2, -0.15) is 0 Å². The molecule has 5 nitrogen and oxygen atoms in total. The second-order valence-corrected chi connectivity index (χ2v) is 7.02. The topological polar surface area (TPSA) is 101 Å². The predicted molar refractivity (Wildman–Crippen MR) is 22.2 cm³/mol. The first kappa shape index (κ1) is 13.5. The van der Waals surface area contributed by atoms with Crippen LogP contribution in [-0.4, -0.2) is 19.8 Å². The molecule has 0 aliphatic carbocycles. The normalized spacial score (nSPS) is 13.6. The maximum absolute atomic E-state index is 8.58. The van der Waals surface area contributed by atoms with Gasteiger partial charge < -0.3 is 28.2 Å². The zero-order valence-corrected chi connectivity index (χ0v) is 12.3. The van der Waals surface area contributed by atoms with E-state index in [0.717, 1.165) is 26.1 Å². The predicted octanol–water partition coefficient (Wildman–Crippen LogP) is -4.61. The fraction of sp³-hybridized carbons (Fsp3) is 1.00. The third-order valence-corrected chi connectivity index (χ3v) is 1.70. The third-order valence-electron chi connectivity index (χ3n) is 0.402. The molecule has 0 saturated carbocycles. The van der Waals surface area contributed by atoms with Crippen LogP contribution >= 0.6 is 0 Å². The molecule has 0 saturated heterocycles. The Labute approximate surface area is 76.7 Å². The second kappa shape index (κ2) is 6.65. The van der Waals surface area contributed by atoms with E-state index in [-0.39, 0.29) is 0 Å². The minimum Gasteiger partial charge on any atom is -0.894 e. The van der Waals surface area contributed by atoms with E-state index in [0.29, 0.717) is 3.61 Å². The molecule has 0 heterocycles.